The lowest BCUT2D eigenvalue weighted by Gasteiger charge is -2.58. The van der Waals surface area contributed by atoms with Crippen molar-refractivity contribution in [3.05, 3.63) is 0 Å². The molecule has 1 saturated carbocycles. The van der Waals surface area contributed by atoms with Crippen molar-refractivity contribution >= 4 is 0 Å². The van der Waals surface area contributed by atoms with Gasteiger partial charge in [-0.2, -0.15) is 0 Å². The van der Waals surface area contributed by atoms with Crippen LogP contribution < -0.4 is 0 Å². The highest BCUT2D eigenvalue weighted by molar-refractivity contribution is 5.04. The van der Waals surface area contributed by atoms with E-state index in [9.17, 15) is 0 Å². The fourth-order valence-corrected chi connectivity index (χ4v) is 6.77. The minimum Gasteiger partial charge on any atom is -0.300 e. The van der Waals surface area contributed by atoms with E-state index >= 15 is 0 Å². The molecule has 0 atom stereocenters. The lowest BCUT2D eigenvalue weighted by atomic mass is 9.59. The van der Waals surface area contributed by atoms with Crippen molar-refractivity contribution < 1.29 is 0 Å². The van der Waals surface area contributed by atoms with Crippen LogP contribution in [0.4, 0.5) is 0 Å². The minimum atomic E-state index is 0.352. The zero-order valence-corrected chi connectivity index (χ0v) is 19.8. The van der Waals surface area contributed by atoms with Crippen molar-refractivity contribution in [2.75, 3.05) is 39.3 Å². The molecular formula is C25H47N3. The van der Waals surface area contributed by atoms with Gasteiger partial charge in [-0.25, -0.2) is 0 Å². The van der Waals surface area contributed by atoms with Crippen LogP contribution in [0.5, 0.6) is 0 Å². The van der Waals surface area contributed by atoms with Gasteiger partial charge in [0.2, 0.25) is 0 Å². The Balaban J connectivity index is 1.22. The highest BCUT2D eigenvalue weighted by Crippen LogP contribution is 2.53. The maximum Gasteiger partial charge on any atom is 0.0125 e. The molecule has 0 bridgehead atoms. The molecule has 4 rings (SSSR count). The van der Waals surface area contributed by atoms with Crippen molar-refractivity contribution in [3.63, 3.8) is 0 Å². The van der Waals surface area contributed by atoms with Gasteiger partial charge in [-0.15, -0.1) is 0 Å². The van der Waals surface area contributed by atoms with Gasteiger partial charge in [0.25, 0.3) is 0 Å². The fourth-order valence-electron chi connectivity index (χ4n) is 6.77. The van der Waals surface area contributed by atoms with Crippen LogP contribution in [0.25, 0.3) is 0 Å². The molecular weight excluding hydrogens is 342 g/mol. The first-order valence-electron chi connectivity index (χ1n) is 12.2. The van der Waals surface area contributed by atoms with Crippen molar-refractivity contribution in [2.45, 2.75) is 110 Å². The molecule has 0 unspecified atom stereocenters. The third kappa shape index (κ3) is 4.18. The van der Waals surface area contributed by atoms with Gasteiger partial charge >= 0.3 is 0 Å². The molecule has 0 aromatic carbocycles. The average molecular weight is 390 g/mol. The van der Waals surface area contributed by atoms with Gasteiger partial charge in [0.15, 0.2) is 0 Å². The van der Waals surface area contributed by atoms with Gasteiger partial charge in [0.1, 0.15) is 0 Å². The van der Waals surface area contributed by atoms with E-state index in [4.69, 9.17) is 0 Å². The first kappa shape index (κ1) is 21.1. The molecule has 28 heavy (non-hydrogen) atoms. The smallest absolute Gasteiger partial charge is 0.0125 e. The highest BCUT2D eigenvalue weighted by Gasteiger charge is 2.50. The van der Waals surface area contributed by atoms with Gasteiger partial charge in [0, 0.05) is 17.1 Å². The van der Waals surface area contributed by atoms with Gasteiger partial charge in [-0.05, 0) is 143 Å². The summed E-state index contributed by atoms with van der Waals surface area (Å²) in [5, 5.41) is 0. The monoisotopic (exact) mass is 389 g/mol. The molecule has 0 amide bonds. The van der Waals surface area contributed by atoms with Gasteiger partial charge in [-0.3, -0.25) is 9.80 Å². The molecule has 162 valence electrons. The number of likely N-dealkylation sites (tertiary alicyclic amines) is 3. The van der Waals surface area contributed by atoms with Crippen molar-refractivity contribution in [2.24, 2.45) is 10.8 Å². The summed E-state index contributed by atoms with van der Waals surface area (Å²) in [4.78, 5) is 8.31. The van der Waals surface area contributed by atoms with Gasteiger partial charge in [0.05, 0.1) is 0 Å². The molecule has 0 aromatic rings. The average Bonchev–Trinajstić information content (AvgIpc) is 2.59. The Bertz CT molecular complexity index is 521. The highest BCUT2D eigenvalue weighted by atomic mass is 15.2. The van der Waals surface area contributed by atoms with Gasteiger partial charge < -0.3 is 4.90 Å². The first-order valence-corrected chi connectivity index (χ1v) is 12.2. The molecule has 2 spiro atoms. The van der Waals surface area contributed by atoms with E-state index in [2.05, 4.69) is 56.2 Å². The van der Waals surface area contributed by atoms with Crippen LogP contribution in [0.2, 0.25) is 0 Å². The third-order valence-electron chi connectivity index (χ3n) is 9.26. The Kier molecular flexibility index (Phi) is 5.46. The van der Waals surface area contributed by atoms with E-state index in [-0.39, 0.29) is 0 Å². The van der Waals surface area contributed by atoms with E-state index < -0.39 is 0 Å². The summed E-state index contributed by atoms with van der Waals surface area (Å²) in [6.45, 7) is 22.3. The van der Waals surface area contributed by atoms with Crippen molar-refractivity contribution in [1.29, 1.82) is 0 Å². The summed E-state index contributed by atoms with van der Waals surface area (Å²) < 4.78 is 0. The van der Waals surface area contributed by atoms with Crippen LogP contribution in [0.1, 0.15) is 92.9 Å². The van der Waals surface area contributed by atoms with Crippen LogP contribution >= 0.6 is 0 Å². The number of nitrogens with zero attached hydrogens (tertiary/aromatic N) is 3. The standard InChI is InChI=1S/C25H47N3/c1-22(2,3)27-15-9-24(10-16-27)7-13-26(14-8-24)21-19-25(20-21)11-17-28(18-12-25)23(4,5)6/h21H,7-20H2,1-6H3. The van der Waals surface area contributed by atoms with Crippen LogP contribution in [-0.4, -0.2) is 71.1 Å². The number of rotatable bonds is 1. The molecule has 0 aromatic heterocycles. The van der Waals surface area contributed by atoms with Crippen LogP contribution in [0.3, 0.4) is 0 Å². The van der Waals surface area contributed by atoms with E-state index in [1.54, 1.807) is 0 Å². The van der Waals surface area contributed by atoms with E-state index in [1.165, 1.54) is 90.6 Å². The normalized spacial score (nSPS) is 30.6. The summed E-state index contributed by atoms with van der Waals surface area (Å²) in [5.74, 6) is 0. The second kappa shape index (κ2) is 7.24. The van der Waals surface area contributed by atoms with E-state index in [0.717, 1.165) is 6.04 Å². The summed E-state index contributed by atoms with van der Waals surface area (Å²) in [7, 11) is 0. The zero-order valence-electron chi connectivity index (χ0n) is 19.8. The zero-order chi connectivity index (χ0) is 20.2. The SMILES string of the molecule is CC(C)(C)N1CCC2(CCN(C3CC4(CCN(C(C)(C)C)CC4)C3)CC2)CC1. The number of hydrogen-bond donors (Lipinski definition) is 0. The summed E-state index contributed by atoms with van der Waals surface area (Å²) >= 11 is 0. The summed E-state index contributed by atoms with van der Waals surface area (Å²) in [5.41, 5.74) is 2.09. The van der Waals surface area contributed by atoms with E-state index in [1.807, 2.05) is 0 Å². The predicted molar refractivity (Wildman–Crippen MR) is 120 cm³/mol. The molecule has 4 fully saturated rings. The molecule has 3 saturated heterocycles. The molecule has 0 radical (unpaired) electrons. The number of piperidine rings is 3. The molecule has 3 aliphatic heterocycles. The Labute approximate surface area is 175 Å². The Hall–Kier alpha value is -0.120. The van der Waals surface area contributed by atoms with Crippen LogP contribution in [0, 0.1) is 10.8 Å². The fraction of sp³-hybridized carbons (Fsp3) is 1.00. The van der Waals surface area contributed by atoms with Crippen molar-refractivity contribution in [1.82, 2.24) is 14.7 Å². The quantitative estimate of drug-likeness (QED) is 0.624. The Morgan fingerprint density at radius 2 is 0.893 bits per heavy atom. The first-order chi connectivity index (χ1) is 13.0. The van der Waals surface area contributed by atoms with Crippen LogP contribution in [-0.2, 0) is 0 Å². The maximum absolute atomic E-state index is 2.89. The summed E-state index contributed by atoms with van der Waals surface area (Å²) in [6, 6.07) is 0.910. The van der Waals surface area contributed by atoms with Crippen molar-refractivity contribution in [3.8, 4) is 0 Å². The summed E-state index contributed by atoms with van der Waals surface area (Å²) in [6.07, 6.45) is 11.7. The number of hydrogen-bond acceptors (Lipinski definition) is 3. The second-order valence-electron chi connectivity index (χ2n) is 12.9. The minimum absolute atomic E-state index is 0.352. The van der Waals surface area contributed by atoms with Gasteiger partial charge in [-0.1, -0.05) is 0 Å². The topological polar surface area (TPSA) is 9.72 Å². The lowest BCUT2D eigenvalue weighted by Crippen LogP contribution is -2.59. The molecule has 3 heterocycles. The molecule has 1 aliphatic carbocycles. The molecule has 0 N–H and O–H groups in total. The van der Waals surface area contributed by atoms with Crippen LogP contribution in [0.15, 0.2) is 0 Å². The maximum atomic E-state index is 2.89. The van der Waals surface area contributed by atoms with E-state index in [0.29, 0.717) is 21.9 Å². The second-order valence-corrected chi connectivity index (χ2v) is 12.9. The molecule has 4 aliphatic rings. The largest absolute Gasteiger partial charge is 0.300 e. The molecule has 3 heteroatoms. The lowest BCUT2D eigenvalue weighted by molar-refractivity contribution is -0.0786. The molecule has 3 nitrogen and oxygen atoms in total. The third-order valence-corrected chi connectivity index (χ3v) is 9.26. The predicted octanol–water partition coefficient (Wildman–Crippen LogP) is 5.01. The Morgan fingerprint density at radius 3 is 1.29 bits per heavy atom. The Morgan fingerprint density at radius 1 is 0.536 bits per heavy atom.